The van der Waals surface area contributed by atoms with Crippen LogP contribution in [-0.2, 0) is 9.59 Å². The van der Waals surface area contributed by atoms with Crippen LogP contribution in [0.2, 0.25) is 5.02 Å². The van der Waals surface area contributed by atoms with E-state index in [1.807, 2.05) is 13.8 Å². The standard InChI is InChI=1S/C13H15ClN2O2S/c1-13(2)16(8-17)11(7-19-13)12(18)15-10-5-3-4-9(14)6-10/h3-6,8,11H,7H2,1-2H3,(H,15,18)/t11-/m0/s1. The molecule has 1 aliphatic heterocycles. The normalized spacial score (nSPS) is 21.2. The van der Waals surface area contributed by atoms with Crippen molar-refractivity contribution >= 4 is 41.4 Å². The molecule has 1 aliphatic rings. The summed E-state index contributed by atoms with van der Waals surface area (Å²) in [5, 5.41) is 3.35. The second kappa shape index (κ2) is 5.43. The van der Waals surface area contributed by atoms with E-state index in [0.29, 0.717) is 16.5 Å². The summed E-state index contributed by atoms with van der Waals surface area (Å²) in [6.07, 6.45) is 0.738. The summed E-state index contributed by atoms with van der Waals surface area (Å²) in [6.45, 7) is 3.86. The molecule has 1 fully saturated rings. The van der Waals surface area contributed by atoms with Crippen molar-refractivity contribution in [2.75, 3.05) is 11.1 Å². The minimum absolute atomic E-state index is 0.188. The number of rotatable bonds is 3. The average molecular weight is 299 g/mol. The highest BCUT2D eigenvalue weighted by Gasteiger charge is 2.42. The van der Waals surface area contributed by atoms with Crippen molar-refractivity contribution in [3.8, 4) is 0 Å². The molecule has 1 heterocycles. The first-order valence-corrected chi connectivity index (χ1v) is 7.24. The van der Waals surface area contributed by atoms with E-state index in [1.165, 1.54) is 0 Å². The van der Waals surface area contributed by atoms with Gasteiger partial charge in [-0.25, -0.2) is 0 Å². The van der Waals surface area contributed by atoms with Crippen molar-refractivity contribution in [1.82, 2.24) is 4.90 Å². The summed E-state index contributed by atoms with van der Waals surface area (Å²) < 4.78 is 0. The second-order valence-electron chi connectivity index (χ2n) is 4.79. The number of benzene rings is 1. The van der Waals surface area contributed by atoms with Gasteiger partial charge in [-0.1, -0.05) is 17.7 Å². The van der Waals surface area contributed by atoms with E-state index in [-0.39, 0.29) is 10.8 Å². The lowest BCUT2D eigenvalue weighted by molar-refractivity contribution is -0.130. The molecular weight excluding hydrogens is 284 g/mol. The van der Waals surface area contributed by atoms with Gasteiger partial charge in [-0.05, 0) is 32.0 Å². The van der Waals surface area contributed by atoms with Crippen molar-refractivity contribution in [2.45, 2.75) is 24.8 Å². The van der Waals surface area contributed by atoms with E-state index in [2.05, 4.69) is 5.32 Å². The van der Waals surface area contributed by atoms with Crippen molar-refractivity contribution in [1.29, 1.82) is 0 Å². The number of anilines is 1. The Hall–Kier alpha value is -1.20. The van der Waals surface area contributed by atoms with E-state index in [1.54, 1.807) is 40.9 Å². The molecule has 6 heteroatoms. The Morgan fingerprint density at radius 2 is 2.32 bits per heavy atom. The minimum Gasteiger partial charge on any atom is -0.324 e. The maximum absolute atomic E-state index is 12.2. The van der Waals surface area contributed by atoms with Gasteiger partial charge in [-0.15, -0.1) is 11.8 Å². The molecule has 1 saturated heterocycles. The zero-order valence-electron chi connectivity index (χ0n) is 10.7. The molecule has 1 atom stereocenters. The van der Waals surface area contributed by atoms with Crippen LogP contribution in [-0.4, -0.2) is 33.9 Å². The molecule has 0 unspecified atom stereocenters. The quantitative estimate of drug-likeness (QED) is 0.873. The highest BCUT2D eigenvalue weighted by atomic mass is 35.5. The fraction of sp³-hybridized carbons (Fsp3) is 0.385. The summed E-state index contributed by atoms with van der Waals surface area (Å²) in [5.74, 6) is 0.408. The van der Waals surface area contributed by atoms with E-state index in [9.17, 15) is 9.59 Å². The van der Waals surface area contributed by atoms with Gasteiger partial charge in [0.05, 0.1) is 4.87 Å². The second-order valence-corrected chi connectivity index (χ2v) is 6.84. The first kappa shape index (κ1) is 14.2. The third kappa shape index (κ3) is 3.04. The van der Waals surface area contributed by atoms with Gasteiger partial charge in [0.15, 0.2) is 0 Å². The Bertz CT molecular complexity index is 507. The number of nitrogens with zero attached hydrogens (tertiary/aromatic N) is 1. The summed E-state index contributed by atoms with van der Waals surface area (Å²) in [6, 6.07) is 6.50. The molecular formula is C13H15ClN2O2S. The number of halogens is 1. The van der Waals surface area contributed by atoms with Crippen LogP contribution < -0.4 is 5.32 Å². The number of nitrogens with one attached hydrogen (secondary N) is 1. The van der Waals surface area contributed by atoms with Crippen LogP contribution in [0.5, 0.6) is 0 Å². The third-order valence-corrected chi connectivity index (χ3v) is 4.70. The van der Waals surface area contributed by atoms with E-state index >= 15 is 0 Å². The number of thioether (sulfide) groups is 1. The largest absolute Gasteiger partial charge is 0.324 e. The molecule has 0 saturated carbocycles. The smallest absolute Gasteiger partial charge is 0.248 e. The van der Waals surface area contributed by atoms with E-state index in [0.717, 1.165) is 6.41 Å². The molecule has 0 radical (unpaired) electrons. The number of hydrogen-bond acceptors (Lipinski definition) is 3. The van der Waals surface area contributed by atoms with E-state index < -0.39 is 6.04 Å². The molecule has 1 aromatic rings. The van der Waals surface area contributed by atoms with Gasteiger partial charge in [-0.2, -0.15) is 0 Å². The fourth-order valence-corrected chi connectivity index (χ4v) is 3.39. The summed E-state index contributed by atoms with van der Waals surface area (Å²) in [5.41, 5.74) is 0.637. The summed E-state index contributed by atoms with van der Waals surface area (Å²) in [4.78, 5) is 24.6. The molecule has 2 amide bonds. The number of amides is 2. The molecule has 0 bridgehead atoms. The van der Waals surface area contributed by atoms with Crippen LogP contribution in [0.25, 0.3) is 0 Å². The molecule has 1 N–H and O–H groups in total. The number of carbonyl (C=O) groups excluding carboxylic acids is 2. The van der Waals surface area contributed by atoms with Gasteiger partial charge < -0.3 is 10.2 Å². The lowest BCUT2D eigenvalue weighted by Gasteiger charge is -2.30. The van der Waals surface area contributed by atoms with Crippen LogP contribution in [0.1, 0.15) is 13.8 Å². The molecule has 2 rings (SSSR count). The van der Waals surface area contributed by atoms with Crippen molar-refractivity contribution in [3.05, 3.63) is 29.3 Å². The first-order chi connectivity index (χ1) is 8.94. The Morgan fingerprint density at radius 1 is 1.58 bits per heavy atom. The number of carbonyl (C=O) groups is 2. The Morgan fingerprint density at radius 3 is 2.95 bits per heavy atom. The van der Waals surface area contributed by atoms with Gasteiger partial charge in [0, 0.05) is 16.5 Å². The lowest BCUT2D eigenvalue weighted by atomic mass is 10.2. The van der Waals surface area contributed by atoms with Crippen molar-refractivity contribution in [3.63, 3.8) is 0 Å². The van der Waals surface area contributed by atoms with Crippen molar-refractivity contribution < 1.29 is 9.59 Å². The number of hydrogen-bond donors (Lipinski definition) is 1. The lowest BCUT2D eigenvalue weighted by Crippen LogP contribution is -2.47. The highest BCUT2D eigenvalue weighted by Crippen LogP contribution is 2.37. The Balaban J connectivity index is 2.10. The monoisotopic (exact) mass is 298 g/mol. The third-order valence-electron chi connectivity index (χ3n) is 3.06. The molecule has 0 aliphatic carbocycles. The average Bonchev–Trinajstić information content (AvgIpc) is 2.64. The molecule has 4 nitrogen and oxygen atoms in total. The Kier molecular flexibility index (Phi) is 4.06. The molecule has 0 spiro atoms. The van der Waals surface area contributed by atoms with Gasteiger partial charge in [0.2, 0.25) is 12.3 Å². The van der Waals surface area contributed by atoms with Crippen LogP contribution >= 0.6 is 23.4 Å². The van der Waals surface area contributed by atoms with Crippen LogP contribution in [0.15, 0.2) is 24.3 Å². The zero-order chi connectivity index (χ0) is 14.0. The van der Waals surface area contributed by atoms with Gasteiger partial charge >= 0.3 is 0 Å². The summed E-state index contributed by atoms with van der Waals surface area (Å²) >= 11 is 7.46. The topological polar surface area (TPSA) is 49.4 Å². The summed E-state index contributed by atoms with van der Waals surface area (Å²) in [7, 11) is 0. The highest BCUT2D eigenvalue weighted by molar-refractivity contribution is 8.00. The van der Waals surface area contributed by atoms with Crippen molar-refractivity contribution in [2.24, 2.45) is 0 Å². The fourth-order valence-electron chi connectivity index (χ4n) is 2.01. The SMILES string of the molecule is CC1(C)SC[C@@H](C(=O)Nc2cccc(Cl)c2)N1C=O. The zero-order valence-corrected chi connectivity index (χ0v) is 12.3. The first-order valence-electron chi connectivity index (χ1n) is 5.88. The van der Waals surface area contributed by atoms with E-state index in [4.69, 9.17) is 11.6 Å². The van der Waals surface area contributed by atoms with Gasteiger partial charge in [-0.3, -0.25) is 9.59 Å². The minimum atomic E-state index is -0.448. The maximum Gasteiger partial charge on any atom is 0.248 e. The molecule has 19 heavy (non-hydrogen) atoms. The predicted octanol–water partition coefficient (Wildman–Crippen LogP) is 2.59. The van der Waals surface area contributed by atoms with Crippen LogP contribution in [0.3, 0.4) is 0 Å². The van der Waals surface area contributed by atoms with Gasteiger partial charge in [0.1, 0.15) is 6.04 Å². The molecule has 1 aromatic carbocycles. The van der Waals surface area contributed by atoms with Crippen LogP contribution in [0.4, 0.5) is 5.69 Å². The molecule has 0 aromatic heterocycles. The van der Waals surface area contributed by atoms with Crippen LogP contribution in [0, 0.1) is 0 Å². The maximum atomic E-state index is 12.2. The Labute approximate surface area is 121 Å². The predicted molar refractivity (Wildman–Crippen MR) is 78.3 cm³/mol. The van der Waals surface area contributed by atoms with Gasteiger partial charge in [0.25, 0.3) is 0 Å². The molecule has 102 valence electrons.